The first-order chi connectivity index (χ1) is 8.25. The van der Waals surface area contributed by atoms with Crippen LogP contribution in [0.4, 0.5) is 0 Å². The van der Waals surface area contributed by atoms with Gasteiger partial charge in [0.25, 0.3) is 0 Å². The van der Waals surface area contributed by atoms with Crippen molar-refractivity contribution >= 4 is 10.9 Å². The average molecular weight is 226 g/mol. The molecule has 3 rings (SSSR count). The maximum Gasteiger partial charge on any atom is 0.0704 e. The maximum absolute atomic E-state index is 6.27. The lowest BCUT2D eigenvalue weighted by Gasteiger charge is -2.12. The molecule has 2 heteroatoms. The van der Waals surface area contributed by atoms with Crippen LogP contribution in [0.15, 0.2) is 36.5 Å². The first kappa shape index (κ1) is 10.7. The topological polar surface area (TPSA) is 38.9 Å². The van der Waals surface area contributed by atoms with Gasteiger partial charge in [-0.2, -0.15) is 0 Å². The molecular weight excluding hydrogens is 208 g/mol. The molecule has 2 aromatic rings. The highest BCUT2D eigenvalue weighted by Gasteiger charge is 2.37. The van der Waals surface area contributed by atoms with Crippen molar-refractivity contribution in [2.45, 2.75) is 25.8 Å². The summed E-state index contributed by atoms with van der Waals surface area (Å²) in [4.78, 5) is 4.38. The minimum atomic E-state index is 0.302. The molecule has 0 saturated heterocycles. The SMILES string of the molecule is CC1CC1C(N)Cc1ccnc2ccccc12. The summed E-state index contributed by atoms with van der Waals surface area (Å²) in [6.07, 6.45) is 4.16. The Kier molecular flexibility index (Phi) is 2.60. The quantitative estimate of drug-likeness (QED) is 0.874. The second kappa shape index (κ2) is 4.11. The minimum absolute atomic E-state index is 0.302. The summed E-state index contributed by atoms with van der Waals surface area (Å²) < 4.78 is 0. The lowest BCUT2D eigenvalue weighted by molar-refractivity contribution is 0.561. The van der Waals surface area contributed by atoms with Crippen LogP contribution < -0.4 is 5.73 Å². The molecule has 0 amide bonds. The van der Waals surface area contributed by atoms with Gasteiger partial charge in [0.15, 0.2) is 0 Å². The summed E-state index contributed by atoms with van der Waals surface area (Å²) in [7, 11) is 0. The molecule has 1 aromatic carbocycles. The molecule has 3 unspecified atom stereocenters. The molecule has 2 nitrogen and oxygen atoms in total. The number of hydrogen-bond acceptors (Lipinski definition) is 2. The number of pyridine rings is 1. The van der Waals surface area contributed by atoms with Gasteiger partial charge in [-0.15, -0.1) is 0 Å². The van der Waals surface area contributed by atoms with Crippen LogP contribution in [-0.4, -0.2) is 11.0 Å². The highest BCUT2D eigenvalue weighted by molar-refractivity contribution is 5.81. The van der Waals surface area contributed by atoms with Gasteiger partial charge < -0.3 is 5.73 Å². The van der Waals surface area contributed by atoms with E-state index in [1.54, 1.807) is 0 Å². The highest BCUT2D eigenvalue weighted by Crippen LogP contribution is 2.40. The fraction of sp³-hybridized carbons (Fsp3) is 0.400. The Labute approximate surface area is 102 Å². The fourth-order valence-electron chi connectivity index (χ4n) is 2.69. The van der Waals surface area contributed by atoms with Gasteiger partial charge in [-0.1, -0.05) is 25.1 Å². The lowest BCUT2D eigenvalue weighted by Crippen LogP contribution is -2.26. The molecule has 3 atom stereocenters. The number of rotatable bonds is 3. The predicted molar refractivity (Wildman–Crippen MR) is 70.7 cm³/mol. The number of nitrogens with two attached hydrogens (primary N) is 1. The minimum Gasteiger partial charge on any atom is -0.327 e. The van der Waals surface area contributed by atoms with Crippen LogP contribution in [0.5, 0.6) is 0 Å². The van der Waals surface area contributed by atoms with E-state index >= 15 is 0 Å². The Morgan fingerprint density at radius 2 is 2.12 bits per heavy atom. The van der Waals surface area contributed by atoms with Gasteiger partial charge in [0.2, 0.25) is 0 Å². The van der Waals surface area contributed by atoms with Crippen molar-refractivity contribution in [3.63, 3.8) is 0 Å². The van der Waals surface area contributed by atoms with Gasteiger partial charge in [0, 0.05) is 17.6 Å². The van der Waals surface area contributed by atoms with Gasteiger partial charge in [-0.05, 0) is 42.4 Å². The summed E-state index contributed by atoms with van der Waals surface area (Å²) >= 11 is 0. The van der Waals surface area contributed by atoms with Crippen LogP contribution >= 0.6 is 0 Å². The molecule has 17 heavy (non-hydrogen) atoms. The molecular formula is C15H18N2. The van der Waals surface area contributed by atoms with E-state index < -0.39 is 0 Å². The van der Waals surface area contributed by atoms with E-state index in [-0.39, 0.29) is 0 Å². The van der Waals surface area contributed by atoms with E-state index in [1.807, 2.05) is 12.3 Å². The van der Waals surface area contributed by atoms with Gasteiger partial charge in [0.1, 0.15) is 0 Å². The smallest absolute Gasteiger partial charge is 0.0704 e. The third kappa shape index (κ3) is 2.05. The maximum atomic E-state index is 6.27. The second-order valence-electron chi connectivity index (χ2n) is 5.23. The molecule has 1 heterocycles. The molecule has 0 bridgehead atoms. The lowest BCUT2D eigenvalue weighted by atomic mass is 9.99. The highest BCUT2D eigenvalue weighted by atomic mass is 14.7. The van der Waals surface area contributed by atoms with Gasteiger partial charge in [-0.3, -0.25) is 4.98 Å². The van der Waals surface area contributed by atoms with E-state index in [2.05, 4.69) is 36.2 Å². The first-order valence-corrected chi connectivity index (χ1v) is 6.34. The number of aromatic nitrogens is 1. The zero-order valence-corrected chi connectivity index (χ0v) is 10.1. The Bertz CT molecular complexity index is 530. The van der Waals surface area contributed by atoms with Gasteiger partial charge in [0.05, 0.1) is 5.52 Å². The molecule has 0 radical (unpaired) electrons. The summed E-state index contributed by atoms with van der Waals surface area (Å²) in [6.45, 7) is 2.29. The van der Waals surface area contributed by atoms with E-state index in [1.165, 1.54) is 17.4 Å². The fourth-order valence-corrected chi connectivity index (χ4v) is 2.69. The second-order valence-corrected chi connectivity index (χ2v) is 5.23. The van der Waals surface area contributed by atoms with Gasteiger partial charge >= 0.3 is 0 Å². The summed E-state index contributed by atoms with van der Waals surface area (Å²) in [6, 6.07) is 10.7. The Hall–Kier alpha value is -1.41. The zero-order valence-electron chi connectivity index (χ0n) is 10.1. The van der Waals surface area contributed by atoms with Crippen LogP contribution in [-0.2, 0) is 6.42 Å². The molecule has 0 spiro atoms. The standard InChI is InChI=1S/C15H18N2/c1-10-8-13(10)14(16)9-11-6-7-17-15-5-3-2-4-12(11)15/h2-7,10,13-14H,8-9,16H2,1H3. The summed E-state index contributed by atoms with van der Waals surface area (Å²) in [5, 5.41) is 1.25. The van der Waals surface area contributed by atoms with Crippen molar-refractivity contribution in [2.75, 3.05) is 0 Å². The average Bonchev–Trinajstić information content (AvgIpc) is 3.07. The van der Waals surface area contributed by atoms with Crippen LogP contribution in [0.25, 0.3) is 10.9 Å². The third-order valence-corrected chi connectivity index (χ3v) is 3.92. The van der Waals surface area contributed by atoms with E-state index in [0.717, 1.165) is 23.8 Å². The van der Waals surface area contributed by atoms with E-state index in [4.69, 9.17) is 5.73 Å². The number of benzene rings is 1. The Balaban J connectivity index is 1.89. The molecule has 88 valence electrons. The number of hydrogen-bond donors (Lipinski definition) is 1. The number of nitrogens with zero attached hydrogens (tertiary/aromatic N) is 1. The van der Waals surface area contributed by atoms with Crippen LogP contribution in [0.1, 0.15) is 18.9 Å². The Morgan fingerprint density at radius 1 is 1.35 bits per heavy atom. The molecule has 0 aliphatic heterocycles. The monoisotopic (exact) mass is 226 g/mol. The van der Waals surface area contributed by atoms with Crippen molar-refractivity contribution in [2.24, 2.45) is 17.6 Å². The number of para-hydroxylation sites is 1. The molecule has 1 aliphatic rings. The van der Waals surface area contributed by atoms with E-state index in [9.17, 15) is 0 Å². The number of fused-ring (bicyclic) bond motifs is 1. The van der Waals surface area contributed by atoms with E-state index in [0.29, 0.717) is 6.04 Å². The third-order valence-electron chi connectivity index (χ3n) is 3.92. The summed E-state index contributed by atoms with van der Waals surface area (Å²) in [5.74, 6) is 1.54. The van der Waals surface area contributed by atoms with Crippen LogP contribution in [0, 0.1) is 11.8 Å². The van der Waals surface area contributed by atoms with Crippen molar-refractivity contribution in [1.29, 1.82) is 0 Å². The normalized spacial score (nSPS) is 24.8. The molecule has 1 fully saturated rings. The van der Waals surface area contributed by atoms with Crippen molar-refractivity contribution in [1.82, 2.24) is 4.98 Å². The van der Waals surface area contributed by atoms with Crippen molar-refractivity contribution < 1.29 is 0 Å². The predicted octanol–water partition coefficient (Wildman–Crippen LogP) is 2.76. The zero-order chi connectivity index (χ0) is 11.8. The molecule has 1 saturated carbocycles. The Morgan fingerprint density at radius 3 is 2.88 bits per heavy atom. The largest absolute Gasteiger partial charge is 0.327 e. The van der Waals surface area contributed by atoms with Crippen molar-refractivity contribution in [3.8, 4) is 0 Å². The first-order valence-electron chi connectivity index (χ1n) is 6.34. The van der Waals surface area contributed by atoms with Crippen LogP contribution in [0.2, 0.25) is 0 Å². The van der Waals surface area contributed by atoms with Crippen molar-refractivity contribution in [3.05, 3.63) is 42.1 Å². The molecule has 1 aromatic heterocycles. The van der Waals surface area contributed by atoms with Gasteiger partial charge in [-0.25, -0.2) is 0 Å². The molecule has 2 N–H and O–H groups in total. The summed E-state index contributed by atoms with van der Waals surface area (Å²) in [5.41, 5.74) is 8.68. The van der Waals surface area contributed by atoms with Crippen LogP contribution in [0.3, 0.4) is 0 Å². The molecule has 1 aliphatic carbocycles.